The summed E-state index contributed by atoms with van der Waals surface area (Å²) in [6.07, 6.45) is 1.64. The number of oxazole rings is 1. The minimum Gasteiger partial charge on any atom is -0.422 e. The molecule has 0 atom stereocenters. The summed E-state index contributed by atoms with van der Waals surface area (Å²) in [5.41, 5.74) is 8.79. The van der Waals surface area contributed by atoms with E-state index in [1.807, 2.05) is 13.0 Å². The first-order chi connectivity index (χ1) is 7.60. The third-order valence-electron chi connectivity index (χ3n) is 2.46. The number of pyridine rings is 1. The topological polar surface area (TPSA) is 64.9 Å². The molecule has 0 saturated carbocycles. The van der Waals surface area contributed by atoms with Gasteiger partial charge in [0, 0.05) is 6.42 Å². The van der Waals surface area contributed by atoms with Gasteiger partial charge in [-0.1, -0.05) is 20.8 Å². The van der Waals surface area contributed by atoms with Crippen molar-refractivity contribution in [1.29, 1.82) is 0 Å². The van der Waals surface area contributed by atoms with Crippen molar-refractivity contribution in [2.75, 3.05) is 5.73 Å². The van der Waals surface area contributed by atoms with E-state index in [1.165, 1.54) is 0 Å². The molecule has 16 heavy (non-hydrogen) atoms. The number of rotatable bonds is 3. The van der Waals surface area contributed by atoms with Crippen LogP contribution in [0.4, 0.5) is 5.69 Å². The maximum atomic E-state index is 5.86. The van der Waals surface area contributed by atoms with E-state index in [4.69, 9.17) is 10.2 Å². The summed E-state index contributed by atoms with van der Waals surface area (Å²) in [6.45, 7) is 6.29. The third-order valence-corrected chi connectivity index (χ3v) is 2.46. The molecule has 0 radical (unpaired) electrons. The van der Waals surface area contributed by atoms with Crippen LogP contribution in [0.2, 0.25) is 0 Å². The van der Waals surface area contributed by atoms with Gasteiger partial charge in [0.2, 0.25) is 5.71 Å². The number of hydrogen-bond acceptors (Lipinski definition) is 4. The summed E-state index contributed by atoms with van der Waals surface area (Å²) in [5.74, 6) is 1.27. The first-order valence-electron chi connectivity index (χ1n) is 5.65. The highest BCUT2D eigenvalue weighted by Gasteiger charge is 2.11. The lowest BCUT2D eigenvalue weighted by molar-refractivity contribution is 0.476. The lowest BCUT2D eigenvalue weighted by Gasteiger charge is -1.99. The minimum absolute atomic E-state index is 0.524. The fraction of sp³-hybridized carbons (Fsp3) is 0.500. The van der Waals surface area contributed by atoms with Gasteiger partial charge in [-0.2, -0.15) is 0 Å². The molecular formula is C12H17N3O. The molecule has 2 aromatic rings. The lowest BCUT2D eigenvalue weighted by Crippen LogP contribution is -1.96. The lowest BCUT2D eigenvalue weighted by atomic mass is 10.1. The molecule has 0 amide bonds. The van der Waals surface area contributed by atoms with Crippen LogP contribution in [0.5, 0.6) is 0 Å². The molecule has 0 aliphatic rings. The number of nitrogens with two attached hydrogens (primary N) is 1. The summed E-state index contributed by atoms with van der Waals surface area (Å²) in [6, 6.07) is 1.84. The van der Waals surface area contributed by atoms with Crippen LogP contribution >= 0.6 is 0 Å². The number of aromatic nitrogens is 2. The molecule has 86 valence electrons. The zero-order valence-corrected chi connectivity index (χ0v) is 9.95. The van der Waals surface area contributed by atoms with Gasteiger partial charge in [0.05, 0.1) is 11.4 Å². The van der Waals surface area contributed by atoms with Crippen LogP contribution in [-0.4, -0.2) is 9.97 Å². The number of hydrogen-bond donors (Lipinski definition) is 1. The normalized spacial score (nSPS) is 11.5. The molecule has 2 rings (SSSR count). The van der Waals surface area contributed by atoms with Crippen molar-refractivity contribution in [2.24, 2.45) is 5.92 Å². The van der Waals surface area contributed by atoms with E-state index in [0.29, 0.717) is 17.3 Å². The van der Waals surface area contributed by atoms with E-state index in [0.717, 1.165) is 29.9 Å². The fourth-order valence-electron chi connectivity index (χ4n) is 1.68. The molecular weight excluding hydrogens is 202 g/mol. The van der Waals surface area contributed by atoms with Crippen molar-refractivity contribution in [2.45, 2.75) is 33.6 Å². The largest absolute Gasteiger partial charge is 0.422 e. The van der Waals surface area contributed by atoms with Gasteiger partial charge in [-0.05, 0) is 18.4 Å². The van der Waals surface area contributed by atoms with Crippen LogP contribution in [0.1, 0.15) is 32.4 Å². The highest BCUT2D eigenvalue weighted by atomic mass is 16.4. The second kappa shape index (κ2) is 4.12. The fourth-order valence-corrected chi connectivity index (χ4v) is 1.68. The Kier molecular flexibility index (Phi) is 2.81. The maximum absolute atomic E-state index is 5.86. The van der Waals surface area contributed by atoms with Crippen LogP contribution < -0.4 is 5.73 Å². The molecule has 2 aromatic heterocycles. The molecule has 0 aromatic carbocycles. The summed E-state index contributed by atoms with van der Waals surface area (Å²) in [5, 5.41) is 0. The van der Waals surface area contributed by atoms with Crippen molar-refractivity contribution < 1.29 is 4.42 Å². The summed E-state index contributed by atoms with van der Waals surface area (Å²) >= 11 is 0. The molecule has 0 aliphatic carbocycles. The number of nitrogen functional groups attached to an aromatic ring is 1. The SMILES string of the molecule is CCc1nc2oc(CC(C)C)nc2cc1N. The maximum Gasteiger partial charge on any atom is 0.247 e. The van der Waals surface area contributed by atoms with Crippen molar-refractivity contribution >= 4 is 16.9 Å². The van der Waals surface area contributed by atoms with E-state index in [9.17, 15) is 0 Å². The molecule has 2 heterocycles. The van der Waals surface area contributed by atoms with Crippen molar-refractivity contribution in [3.63, 3.8) is 0 Å². The number of nitrogens with zero attached hydrogens (tertiary/aromatic N) is 2. The molecule has 0 fully saturated rings. The van der Waals surface area contributed by atoms with Crippen LogP contribution in [-0.2, 0) is 12.8 Å². The summed E-state index contributed by atoms with van der Waals surface area (Å²) < 4.78 is 5.60. The van der Waals surface area contributed by atoms with E-state index in [2.05, 4.69) is 23.8 Å². The van der Waals surface area contributed by atoms with Gasteiger partial charge in [-0.15, -0.1) is 0 Å². The van der Waals surface area contributed by atoms with Gasteiger partial charge in [-0.25, -0.2) is 9.97 Å². The molecule has 0 unspecified atom stereocenters. The Morgan fingerprint density at radius 1 is 1.38 bits per heavy atom. The Hall–Kier alpha value is -1.58. The zero-order valence-electron chi connectivity index (χ0n) is 9.95. The van der Waals surface area contributed by atoms with Gasteiger partial charge in [-0.3, -0.25) is 0 Å². The van der Waals surface area contributed by atoms with Gasteiger partial charge >= 0.3 is 0 Å². The minimum atomic E-state index is 0.524. The molecule has 4 heteroatoms. The monoisotopic (exact) mass is 219 g/mol. The average molecular weight is 219 g/mol. The van der Waals surface area contributed by atoms with E-state index >= 15 is 0 Å². The Morgan fingerprint density at radius 2 is 2.12 bits per heavy atom. The van der Waals surface area contributed by atoms with Gasteiger partial charge in [0.15, 0.2) is 5.89 Å². The Bertz CT molecular complexity index is 502. The molecule has 4 nitrogen and oxygen atoms in total. The number of anilines is 1. The second-order valence-electron chi connectivity index (χ2n) is 4.41. The second-order valence-corrected chi connectivity index (χ2v) is 4.41. The van der Waals surface area contributed by atoms with Gasteiger partial charge < -0.3 is 10.2 Å². The Morgan fingerprint density at radius 3 is 2.75 bits per heavy atom. The highest BCUT2D eigenvalue weighted by molar-refractivity contribution is 5.73. The van der Waals surface area contributed by atoms with Crippen LogP contribution in [0.3, 0.4) is 0 Å². The van der Waals surface area contributed by atoms with E-state index in [1.54, 1.807) is 0 Å². The predicted molar refractivity (Wildman–Crippen MR) is 64.1 cm³/mol. The average Bonchev–Trinajstić information content (AvgIpc) is 2.56. The van der Waals surface area contributed by atoms with Gasteiger partial charge in [0.25, 0.3) is 0 Å². The zero-order chi connectivity index (χ0) is 11.7. The Balaban J connectivity index is 2.45. The molecule has 0 aliphatic heterocycles. The van der Waals surface area contributed by atoms with Crippen LogP contribution in [0.15, 0.2) is 10.5 Å². The quantitative estimate of drug-likeness (QED) is 0.861. The molecule has 0 spiro atoms. The summed E-state index contributed by atoms with van der Waals surface area (Å²) in [7, 11) is 0. The standard InChI is InChI=1S/C12H17N3O/c1-4-9-8(13)6-10-12(15-9)16-11(14-10)5-7(2)3/h6-7H,4-5,13H2,1-3H3. The molecule has 0 bridgehead atoms. The number of fused-ring (bicyclic) bond motifs is 1. The van der Waals surface area contributed by atoms with Crippen molar-refractivity contribution in [1.82, 2.24) is 9.97 Å². The highest BCUT2D eigenvalue weighted by Crippen LogP contribution is 2.20. The van der Waals surface area contributed by atoms with E-state index < -0.39 is 0 Å². The Labute approximate surface area is 94.9 Å². The van der Waals surface area contributed by atoms with E-state index in [-0.39, 0.29) is 0 Å². The molecule has 2 N–H and O–H groups in total. The third kappa shape index (κ3) is 2.01. The first kappa shape index (κ1) is 10.9. The van der Waals surface area contributed by atoms with Crippen LogP contribution in [0, 0.1) is 5.92 Å². The van der Waals surface area contributed by atoms with Crippen molar-refractivity contribution in [3.05, 3.63) is 17.7 Å². The number of aryl methyl sites for hydroxylation is 1. The van der Waals surface area contributed by atoms with Crippen molar-refractivity contribution in [3.8, 4) is 0 Å². The molecule has 0 saturated heterocycles. The smallest absolute Gasteiger partial charge is 0.247 e. The first-order valence-corrected chi connectivity index (χ1v) is 5.65. The van der Waals surface area contributed by atoms with Crippen LogP contribution in [0.25, 0.3) is 11.2 Å². The summed E-state index contributed by atoms with van der Waals surface area (Å²) in [4.78, 5) is 8.75. The van der Waals surface area contributed by atoms with Gasteiger partial charge in [0.1, 0.15) is 5.52 Å². The predicted octanol–water partition coefficient (Wildman–Crippen LogP) is 2.57.